The van der Waals surface area contributed by atoms with Crippen LogP contribution < -0.4 is 0 Å². The van der Waals surface area contributed by atoms with Crippen LogP contribution in [-0.2, 0) is 0 Å². The van der Waals surface area contributed by atoms with E-state index in [2.05, 4.69) is 31.9 Å². The van der Waals surface area contributed by atoms with Crippen molar-refractivity contribution in [1.82, 2.24) is 0 Å². The van der Waals surface area contributed by atoms with E-state index < -0.39 is 12.2 Å². The molecule has 0 unspecified atom stereocenters. The fourth-order valence-electron chi connectivity index (χ4n) is 0.576. The Hall–Kier alpha value is 0.190. The Morgan fingerprint density at radius 3 is 2.42 bits per heavy atom. The molecule has 0 spiro atoms. The molecule has 0 aliphatic rings. The molecule has 1 aromatic heterocycles. The Bertz CT molecular complexity index is 291. The van der Waals surface area contributed by atoms with Gasteiger partial charge in [0.2, 0.25) is 5.78 Å². The van der Waals surface area contributed by atoms with Crippen molar-refractivity contribution >= 4 is 49.0 Å². The molecular weight excluding hydrogens is 318 g/mol. The molecule has 0 atom stereocenters. The minimum atomic E-state index is -2.93. The standard InChI is InChI=1S/C6H2Br2F2OS/c7-2-1-3(12-5(2)8)4(11)6(9)10/h1,6H. The lowest BCUT2D eigenvalue weighted by molar-refractivity contribution is 0.0683. The summed E-state index contributed by atoms with van der Waals surface area (Å²) in [7, 11) is 0. The first kappa shape index (κ1) is 10.3. The molecule has 0 saturated heterocycles. The van der Waals surface area contributed by atoms with E-state index in [1.807, 2.05) is 0 Å². The van der Waals surface area contributed by atoms with Crippen LogP contribution in [-0.4, -0.2) is 12.2 Å². The molecule has 1 nitrogen and oxygen atoms in total. The summed E-state index contributed by atoms with van der Waals surface area (Å²) in [5.41, 5.74) is 0. The molecule has 0 fully saturated rings. The molecule has 0 N–H and O–H groups in total. The topological polar surface area (TPSA) is 17.1 Å². The highest BCUT2D eigenvalue weighted by atomic mass is 79.9. The first-order chi connectivity index (χ1) is 5.52. The molecule has 0 amide bonds. The van der Waals surface area contributed by atoms with Crippen molar-refractivity contribution < 1.29 is 13.6 Å². The van der Waals surface area contributed by atoms with Crippen LogP contribution in [0.2, 0.25) is 0 Å². The van der Waals surface area contributed by atoms with Crippen molar-refractivity contribution in [1.29, 1.82) is 0 Å². The minimum absolute atomic E-state index is 0.0590. The SMILES string of the molecule is O=C(c1cc(Br)c(Br)s1)C(F)F. The number of carbonyl (C=O) groups is 1. The largest absolute Gasteiger partial charge is 0.301 e. The van der Waals surface area contributed by atoms with Crippen molar-refractivity contribution in [3.63, 3.8) is 0 Å². The quantitative estimate of drug-likeness (QED) is 0.759. The van der Waals surface area contributed by atoms with Crippen molar-refractivity contribution in [2.75, 3.05) is 0 Å². The van der Waals surface area contributed by atoms with Crippen LogP contribution in [0, 0.1) is 0 Å². The van der Waals surface area contributed by atoms with E-state index in [1.54, 1.807) is 0 Å². The highest BCUT2D eigenvalue weighted by molar-refractivity contribution is 9.13. The number of Topliss-reactive ketones (excluding diaryl/α,β-unsaturated/α-hetero) is 1. The third-order valence-corrected chi connectivity index (χ3v) is 4.36. The molecule has 12 heavy (non-hydrogen) atoms. The normalized spacial score (nSPS) is 10.8. The number of alkyl halides is 2. The van der Waals surface area contributed by atoms with Crippen LogP contribution in [0.5, 0.6) is 0 Å². The van der Waals surface area contributed by atoms with Gasteiger partial charge in [-0.25, -0.2) is 8.78 Å². The van der Waals surface area contributed by atoms with Gasteiger partial charge in [-0.15, -0.1) is 11.3 Å². The predicted molar refractivity (Wildman–Crippen MR) is 50.1 cm³/mol. The van der Waals surface area contributed by atoms with Gasteiger partial charge in [0.15, 0.2) is 0 Å². The Labute approximate surface area is 88.0 Å². The van der Waals surface area contributed by atoms with Crippen LogP contribution in [0.1, 0.15) is 9.67 Å². The first-order valence-corrected chi connectivity index (χ1v) is 5.20. The fourth-order valence-corrected chi connectivity index (χ4v) is 2.55. The van der Waals surface area contributed by atoms with Crippen molar-refractivity contribution in [3.8, 4) is 0 Å². The summed E-state index contributed by atoms with van der Waals surface area (Å²) in [5.74, 6) is -1.13. The maximum absolute atomic E-state index is 11.9. The number of ketones is 1. The highest BCUT2D eigenvalue weighted by Crippen LogP contribution is 2.33. The first-order valence-electron chi connectivity index (χ1n) is 2.79. The number of thiophene rings is 1. The van der Waals surface area contributed by atoms with Crippen LogP contribution in [0.15, 0.2) is 14.3 Å². The third kappa shape index (κ3) is 2.11. The lowest BCUT2D eigenvalue weighted by Gasteiger charge is -1.91. The van der Waals surface area contributed by atoms with Gasteiger partial charge in [-0.05, 0) is 37.9 Å². The van der Waals surface area contributed by atoms with Gasteiger partial charge in [-0.3, -0.25) is 4.79 Å². The second-order valence-corrected chi connectivity index (χ2v) is 5.12. The van der Waals surface area contributed by atoms with E-state index in [0.717, 1.165) is 11.3 Å². The van der Waals surface area contributed by atoms with E-state index in [0.29, 0.717) is 8.26 Å². The Morgan fingerprint density at radius 2 is 2.08 bits per heavy atom. The molecule has 0 radical (unpaired) electrons. The van der Waals surface area contributed by atoms with Gasteiger partial charge < -0.3 is 0 Å². The zero-order chi connectivity index (χ0) is 9.30. The summed E-state index contributed by atoms with van der Waals surface area (Å²) in [6, 6.07) is 1.38. The Morgan fingerprint density at radius 1 is 1.50 bits per heavy atom. The highest BCUT2D eigenvalue weighted by Gasteiger charge is 2.20. The summed E-state index contributed by atoms with van der Waals surface area (Å²) in [6.45, 7) is 0. The average molecular weight is 320 g/mol. The molecule has 0 aliphatic carbocycles. The van der Waals surface area contributed by atoms with Crippen LogP contribution in [0.3, 0.4) is 0 Å². The molecule has 0 aromatic carbocycles. The van der Waals surface area contributed by atoms with Crippen LogP contribution in [0.25, 0.3) is 0 Å². The summed E-state index contributed by atoms with van der Waals surface area (Å²) >= 11 is 7.20. The lowest BCUT2D eigenvalue weighted by Crippen LogP contribution is -2.07. The number of hydrogen-bond donors (Lipinski definition) is 0. The molecule has 1 aromatic rings. The second-order valence-electron chi connectivity index (χ2n) is 1.90. The maximum atomic E-state index is 11.9. The number of carbonyl (C=O) groups excluding carboxylic acids is 1. The van der Waals surface area contributed by atoms with E-state index in [4.69, 9.17) is 0 Å². The Balaban J connectivity index is 2.97. The third-order valence-electron chi connectivity index (χ3n) is 1.09. The van der Waals surface area contributed by atoms with E-state index in [-0.39, 0.29) is 4.88 Å². The Kier molecular flexibility index (Phi) is 3.37. The van der Waals surface area contributed by atoms with Crippen molar-refractivity contribution in [2.45, 2.75) is 6.43 Å². The summed E-state index contributed by atoms with van der Waals surface area (Å²) in [5, 5.41) is 0. The number of hydrogen-bond acceptors (Lipinski definition) is 2. The molecule has 66 valence electrons. The van der Waals surface area contributed by atoms with E-state index in [9.17, 15) is 13.6 Å². The molecule has 1 heterocycles. The van der Waals surface area contributed by atoms with Gasteiger partial charge in [0.1, 0.15) is 0 Å². The molecule has 0 aliphatic heterocycles. The zero-order valence-electron chi connectivity index (χ0n) is 5.48. The fraction of sp³-hybridized carbons (Fsp3) is 0.167. The van der Waals surface area contributed by atoms with Gasteiger partial charge in [0.25, 0.3) is 0 Å². The summed E-state index contributed by atoms with van der Waals surface area (Å²) in [6.07, 6.45) is -2.93. The number of rotatable bonds is 2. The van der Waals surface area contributed by atoms with Gasteiger partial charge in [-0.1, -0.05) is 0 Å². The lowest BCUT2D eigenvalue weighted by atomic mass is 10.3. The summed E-state index contributed by atoms with van der Waals surface area (Å²) < 4.78 is 25.0. The van der Waals surface area contributed by atoms with Crippen LogP contribution in [0.4, 0.5) is 8.78 Å². The maximum Gasteiger partial charge on any atom is 0.301 e. The average Bonchev–Trinajstić information content (AvgIpc) is 2.30. The van der Waals surface area contributed by atoms with Gasteiger partial charge in [-0.2, -0.15) is 0 Å². The van der Waals surface area contributed by atoms with Crippen LogP contribution >= 0.6 is 43.2 Å². The van der Waals surface area contributed by atoms with Gasteiger partial charge in [0.05, 0.1) is 8.66 Å². The van der Waals surface area contributed by atoms with Gasteiger partial charge >= 0.3 is 6.43 Å². The van der Waals surface area contributed by atoms with E-state index in [1.165, 1.54) is 6.07 Å². The smallest absolute Gasteiger partial charge is 0.287 e. The molecular formula is C6H2Br2F2OS. The van der Waals surface area contributed by atoms with Crippen molar-refractivity contribution in [3.05, 3.63) is 19.2 Å². The summed E-state index contributed by atoms with van der Waals surface area (Å²) in [4.78, 5) is 10.8. The zero-order valence-corrected chi connectivity index (χ0v) is 9.47. The molecule has 0 bridgehead atoms. The van der Waals surface area contributed by atoms with E-state index >= 15 is 0 Å². The minimum Gasteiger partial charge on any atom is -0.287 e. The van der Waals surface area contributed by atoms with Gasteiger partial charge in [0, 0.05) is 4.47 Å². The molecule has 0 saturated carbocycles. The molecule has 6 heteroatoms. The predicted octanol–water partition coefficient (Wildman–Crippen LogP) is 3.72. The van der Waals surface area contributed by atoms with Crippen molar-refractivity contribution in [2.24, 2.45) is 0 Å². The number of halogens is 4. The second kappa shape index (κ2) is 3.93. The monoisotopic (exact) mass is 318 g/mol. The molecule has 1 rings (SSSR count).